The van der Waals surface area contributed by atoms with E-state index in [0.29, 0.717) is 0 Å². The molecule has 4 rings (SSSR count). The number of carbonyl (C=O) groups excluding carboxylic acids is 1. The lowest BCUT2D eigenvalue weighted by atomic mass is 9.88. The topological polar surface area (TPSA) is 88.6 Å². The number of likely N-dealkylation sites (N-methyl/N-ethyl adjacent to an activating group) is 1. The molecule has 0 aliphatic carbocycles. The fourth-order valence-corrected chi connectivity index (χ4v) is 5.73. The Morgan fingerprint density at radius 3 is 2.67 bits per heavy atom. The van der Waals surface area contributed by atoms with Gasteiger partial charge in [0.25, 0.3) is 5.79 Å². The lowest BCUT2D eigenvalue weighted by Gasteiger charge is -2.28. The van der Waals surface area contributed by atoms with Crippen molar-refractivity contribution in [1.29, 1.82) is 0 Å². The first-order valence-electron chi connectivity index (χ1n) is 8.05. The van der Waals surface area contributed by atoms with Crippen LogP contribution in [-0.4, -0.2) is 51.2 Å². The maximum absolute atomic E-state index is 13.4. The minimum Gasteiger partial charge on any atom is -0.343 e. The molecule has 3 heterocycles. The van der Waals surface area contributed by atoms with Gasteiger partial charge in [-0.1, -0.05) is 6.07 Å². The van der Waals surface area contributed by atoms with Crippen molar-refractivity contribution in [2.75, 3.05) is 19.9 Å². The van der Waals surface area contributed by atoms with E-state index in [1.165, 1.54) is 20.4 Å². The predicted molar refractivity (Wildman–Crippen MR) is 85.6 cm³/mol. The number of benzene rings is 1. The van der Waals surface area contributed by atoms with Crippen molar-refractivity contribution in [3.05, 3.63) is 28.8 Å². The van der Waals surface area contributed by atoms with Gasteiger partial charge in [0.1, 0.15) is 0 Å². The first-order valence-corrected chi connectivity index (χ1v) is 9.70. The van der Waals surface area contributed by atoms with E-state index in [1.807, 2.05) is 0 Å². The van der Waals surface area contributed by atoms with Crippen LogP contribution in [0.1, 0.15) is 23.1 Å². The normalized spacial score (nSPS) is 31.4. The summed E-state index contributed by atoms with van der Waals surface area (Å²) in [5.41, 5.74) is -3.04. The molecule has 2 atom stereocenters. The molecule has 146 valence electrons. The second-order valence-electron chi connectivity index (χ2n) is 6.62. The summed E-state index contributed by atoms with van der Waals surface area (Å²) in [6, 6.07) is 1.86. The van der Waals surface area contributed by atoms with Crippen molar-refractivity contribution in [2.24, 2.45) is 5.10 Å². The van der Waals surface area contributed by atoms with Gasteiger partial charge in [-0.15, -0.1) is 0 Å². The predicted octanol–water partition coefficient (Wildman–Crippen LogP) is 1.45. The third-order valence-corrected chi connectivity index (χ3v) is 7.06. The van der Waals surface area contributed by atoms with Gasteiger partial charge in [0.2, 0.25) is 0 Å². The molecule has 27 heavy (non-hydrogen) atoms. The van der Waals surface area contributed by atoms with Crippen LogP contribution >= 0.6 is 0 Å². The smallest absolute Gasteiger partial charge is 0.343 e. The van der Waals surface area contributed by atoms with E-state index < -0.39 is 43.8 Å². The van der Waals surface area contributed by atoms with Gasteiger partial charge in [-0.05, 0) is 24.5 Å². The summed E-state index contributed by atoms with van der Waals surface area (Å²) in [6.07, 6.45) is -3.46. The number of amides is 1. The van der Waals surface area contributed by atoms with Gasteiger partial charge in [0, 0.05) is 19.7 Å². The quantitative estimate of drug-likeness (QED) is 0.697. The molecule has 3 aliphatic rings. The van der Waals surface area contributed by atoms with E-state index >= 15 is 0 Å². The van der Waals surface area contributed by atoms with Crippen LogP contribution in [0.25, 0.3) is 0 Å². The van der Waals surface area contributed by atoms with E-state index in [1.54, 1.807) is 0 Å². The van der Waals surface area contributed by atoms with Gasteiger partial charge in [-0.3, -0.25) is 4.79 Å². The van der Waals surface area contributed by atoms with Crippen LogP contribution in [0.4, 0.5) is 13.2 Å². The van der Waals surface area contributed by atoms with E-state index in [2.05, 4.69) is 5.10 Å². The van der Waals surface area contributed by atoms with Crippen molar-refractivity contribution < 1.29 is 35.9 Å². The molecule has 11 heteroatoms. The van der Waals surface area contributed by atoms with Crippen molar-refractivity contribution in [2.45, 2.75) is 35.3 Å². The zero-order chi connectivity index (χ0) is 19.8. The number of ether oxygens (including phenoxy) is 2. The number of hydrazone groups is 1. The summed E-state index contributed by atoms with van der Waals surface area (Å²) in [5.74, 6) is -2.80. The largest absolute Gasteiger partial charge is 0.416 e. The number of nitrogens with zero attached hydrogens (tertiary/aromatic N) is 2. The fourth-order valence-electron chi connectivity index (χ4n) is 3.86. The highest BCUT2D eigenvalue weighted by Gasteiger charge is 2.80. The van der Waals surface area contributed by atoms with Crippen LogP contribution in [-0.2, 0) is 42.3 Å². The number of halogens is 3. The maximum atomic E-state index is 13.4. The summed E-state index contributed by atoms with van der Waals surface area (Å²) in [7, 11) is -1.43. The number of fused-ring (bicyclic) bond motifs is 2. The molecule has 1 amide bonds. The highest BCUT2D eigenvalue weighted by Crippen LogP contribution is 2.60. The molecule has 1 aromatic carbocycles. The summed E-state index contributed by atoms with van der Waals surface area (Å²) in [5, 5.41) is 4.85. The van der Waals surface area contributed by atoms with Gasteiger partial charge in [-0.2, -0.15) is 18.3 Å². The van der Waals surface area contributed by atoms with E-state index in [9.17, 15) is 26.4 Å². The number of hydrogen-bond acceptors (Lipinski definition) is 6. The first-order chi connectivity index (χ1) is 12.5. The number of sulfone groups is 1. The molecule has 0 saturated carbocycles. The summed E-state index contributed by atoms with van der Waals surface area (Å²) in [4.78, 5) is 12.0. The second-order valence-corrected chi connectivity index (χ2v) is 8.67. The van der Waals surface area contributed by atoms with E-state index in [-0.39, 0.29) is 29.7 Å². The Bertz CT molecular complexity index is 991. The Hall–Kier alpha value is -1.98. The molecular weight excluding hydrogens is 389 g/mol. The third kappa shape index (κ3) is 2.25. The summed E-state index contributed by atoms with van der Waals surface area (Å²) in [6.45, 7) is 0. The number of alkyl halides is 3. The Labute approximate surface area is 152 Å². The summed E-state index contributed by atoms with van der Waals surface area (Å²) < 4.78 is 76.5. The summed E-state index contributed by atoms with van der Waals surface area (Å²) >= 11 is 0. The third-order valence-electron chi connectivity index (χ3n) is 5.14. The van der Waals surface area contributed by atoms with Gasteiger partial charge >= 0.3 is 12.1 Å². The molecule has 1 aromatic rings. The van der Waals surface area contributed by atoms with E-state index in [0.717, 1.165) is 17.1 Å². The Morgan fingerprint density at radius 1 is 1.33 bits per heavy atom. The second kappa shape index (κ2) is 5.30. The number of methoxy groups -OCH3 is 1. The average Bonchev–Trinajstić information content (AvgIpc) is 3.28. The van der Waals surface area contributed by atoms with Gasteiger partial charge in [0.15, 0.2) is 15.4 Å². The Kier molecular flexibility index (Phi) is 3.61. The monoisotopic (exact) mass is 404 g/mol. The number of epoxide rings is 1. The van der Waals surface area contributed by atoms with Crippen molar-refractivity contribution in [3.63, 3.8) is 0 Å². The molecule has 0 N–H and O–H groups in total. The molecule has 2 unspecified atom stereocenters. The van der Waals surface area contributed by atoms with Crippen molar-refractivity contribution in [3.8, 4) is 0 Å². The van der Waals surface area contributed by atoms with E-state index in [4.69, 9.17) is 9.47 Å². The highest BCUT2D eigenvalue weighted by molar-refractivity contribution is 7.91. The van der Waals surface area contributed by atoms with Crippen LogP contribution in [0.2, 0.25) is 0 Å². The fraction of sp³-hybridized carbons (Fsp3) is 0.500. The van der Waals surface area contributed by atoms with Crippen molar-refractivity contribution in [1.82, 2.24) is 5.01 Å². The highest BCUT2D eigenvalue weighted by atomic mass is 32.2. The van der Waals surface area contributed by atoms with Crippen LogP contribution in [0.3, 0.4) is 0 Å². The molecule has 7 nitrogen and oxygen atoms in total. The molecule has 0 radical (unpaired) electrons. The average molecular weight is 404 g/mol. The molecular formula is C16H15F3N2O5S. The molecule has 3 aliphatic heterocycles. The maximum Gasteiger partial charge on any atom is 0.416 e. The van der Waals surface area contributed by atoms with Gasteiger partial charge in [-0.25, -0.2) is 13.4 Å². The van der Waals surface area contributed by atoms with Crippen LogP contribution < -0.4 is 0 Å². The lowest BCUT2D eigenvalue weighted by Crippen LogP contribution is -2.47. The van der Waals surface area contributed by atoms with Crippen molar-refractivity contribution >= 4 is 22.0 Å². The lowest BCUT2D eigenvalue weighted by molar-refractivity contribution is -0.153. The molecule has 1 fully saturated rings. The SMILES string of the molecule is COC12OC1(c1ccc(C(F)(F)F)c3c1S(=O)(=O)CCC3)C=NN(C)C2=O. The van der Waals surface area contributed by atoms with Gasteiger partial charge < -0.3 is 9.47 Å². The Balaban J connectivity index is 2.02. The minimum atomic E-state index is -4.70. The minimum absolute atomic E-state index is 0.0434. The van der Waals surface area contributed by atoms with Gasteiger partial charge in [0.05, 0.1) is 22.4 Å². The molecule has 0 spiro atoms. The van der Waals surface area contributed by atoms with Crippen LogP contribution in [0, 0.1) is 0 Å². The number of rotatable bonds is 2. The number of hydrogen-bond donors (Lipinski definition) is 0. The van der Waals surface area contributed by atoms with Crippen LogP contribution in [0.5, 0.6) is 0 Å². The zero-order valence-electron chi connectivity index (χ0n) is 14.3. The Morgan fingerprint density at radius 2 is 2.04 bits per heavy atom. The molecule has 1 saturated heterocycles. The molecule has 0 bridgehead atoms. The van der Waals surface area contributed by atoms with Crippen LogP contribution in [0.15, 0.2) is 22.1 Å². The molecule has 0 aromatic heterocycles. The number of carbonyl (C=O) groups is 1. The zero-order valence-corrected chi connectivity index (χ0v) is 15.1. The standard InChI is InChI=1S/C16H15F3N2O5S/c1-21-13(22)15(25-2)14(26-15,8-20-21)11-6-5-10(16(17,18)19)9-4-3-7-27(23,24)12(9)11/h5-6,8H,3-4,7H2,1-2H3. The first kappa shape index (κ1) is 18.4.